The van der Waals surface area contributed by atoms with E-state index in [1.807, 2.05) is 30.3 Å². The van der Waals surface area contributed by atoms with Crippen LogP contribution in [0.1, 0.15) is 62.8 Å². The first kappa shape index (κ1) is 26.5. The Hall–Kier alpha value is -2.13. The van der Waals surface area contributed by atoms with E-state index in [4.69, 9.17) is 9.47 Å². The molecule has 4 fully saturated rings. The summed E-state index contributed by atoms with van der Waals surface area (Å²) in [5.41, 5.74) is 0.528. The van der Waals surface area contributed by atoms with E-state index in [0.717, 1.165) is 68.6 Å². The summed E-state index contributed by atoms with van der Waals surface area (Å²) in [6, 6.07) is 8.51. The molecule has 2 saturated carbocycles. The number of carbonyl (C=O) groups excluding carboxylic acids is 2. The second kappa shape index (κ2) is 10.6. The Morgan fingerprint density at radius 2 is 1.78 bits per heavy atom. The number of hydrogen-bond acceptors (Lipinski definition) is 5. The van der Waals surface area contributed by atoms with E-state index in [9.17, 15) is 22.8 Å². The maximum absolute atomic E-state index is 13.6. The second-order valence-electron chi connectivity index (χ2n) is 11.4. The number of benzene rings is 1. The molecule has 204 valence electrons. The summed E-state index contributed by atoms with van der Waals surface area (Å²) in [6.45, 7) is 2.82. The van der Waals surface area contributed by atoms with Crippen LogP contribution in [0.4, 0.5) is 13.2 Å². The van der Waals surface area contributed by atoms with Crippen molar-refractivity contribution >= 4 is 11.9 Å². The molecule has 6 nitrogen and oxygen atoms in total. The Morgan fingerprint density at radius 1 is 1.11 bits per heavy atom. The highest BCUT2D eigenvalue weighted by Crippen LogP contribution is 2.49. The van der Waals surface area contributed by atoms with E-state index in [-0.39, 0.29) is 24.4 Å². The van der Waals surface area contributed by atoms with Crippen LogP contribution >= 0.6 is 0 Å². The summed E-state index contributed by atoms with van der Waals surface area (Å²) in [5.74, 6) is -1.32. The minimum atomic E-state index is -4.89. The molecular formula is C28H37F3N2O4. The lowest BCUT2D eigenvalue weighted by Crippen LogP contribution is -2.50. The third-order valence-electron chi connectivity index (χ3n) is 9.07. The summed E-state index contributed by atoms with van der Waals surface area (Å²) in [5, 5.41) is 0. The number of nitrogens with zero attached hydrogens (tertiary/aromatic N) is 2. The van der Waals surface area contributed by atoms with Crippen LogP contribution in [0.3, 0.4) is 0 Å². The molecule has 1 amide bonds. The smallest absolute Gasteiger partial charge is 0.469 e. The first-order valence-corrected chi connectivity index (χ1v) is 13.6. The number of rotatable bonds is 6. The maximum Gasteiger partial charge on any atom is 0.471 e. The first-order chi connectivity index (χ1) is 17.7. The molecule has 0 radical (unpaired) electrons. The van der Waals surface area contributed by atoms with Crippen molar-refractivity contribution in [1.29, 1.82) is 0 Å². The average molecular weight is 523 g/mol. The zero-order valence-electron chi connectivity index (χ0n) is 21.4. The maximum atomic E-state index is 13.6. The van der Waals surface area contributed by atoms with Crippen molar-refractivity contribution in [3.63, 3.8) is 0 Å². The Labute approximate surface area is 216 Å². The van der Waals surface area contributed by atoms with Gasteiger partial charge in [-0.3, -0.25) is 9.59 Å². The number of esters is 1. The molecule has 2 saturated heterocycles. The number of hydrogen-bond donors (Lipinski definition) is 0. The standard InChI is InChI=1S/C28H37F3N2O4/c1-36-25(34)21-9-7-19(8-10-21)17-32-13-11-27(12-14-32)16-22(18-37-27)33(26(35)28(29,30)31)24-15-23(24)20-5-3-2-4-6-20/h2-6,19,21-24H,7-18H2,1H3/t19?,21?,22?,23-,24+/m0/s1. The largest absolute Gasteiger partial charge is 0.471 e. The van der Waals surface area contributed by atoms with Gasteiger partial charge in [-0.05, 0) is 62.8 Å². The van der Waals surface area contributed by atoms with Crippen LogP contribution in [-0.4, -0.2) is 78.9 Å². The van der Waals surface area contributed by atoms with E-state index < -0.39 is 29.8 Å². The summed E-state index contributed by atoms with van der Waals surface area (Å²) in [7, 11) is 1.44. The predicted molar refractivity (Wildman–Crippen MR) is 131 cm³/mol. The van der Waals surface area contributed by atoms with Gasteiger partial charge in [0, 0.05) is 31.6 Å². The quantitative estimate of drug-likeness (QED) is 0.514. The Balaban J connectivity index is 1.16. The van der Waals surface area contributed by atoms with E-state index in [1.165, 1.54) is 7.11 Å². The highest BCUT2D eigenvalue weighted by atomic mass is 19.4. The van der Waals surface area contributed by atoms with Crippen molar-refractivity contribution in [2.24, 2.45) is 11.8 Å². The summed E-state index contributed by atoms with van der Waals surface area (Å²) < 4.78 is 51.9. The summed E-state index contributed by atoms with van der Waals surface area (Å²) in [6.07, 6.45) is 1.42. The van der Waals surface area contributed by atoms with E-state index in [0.29, 0.717) is 18.8 Å². The van der Waals surface area contributed by atoms with Gasteiger partial charge in [-0.1, -0.05) is 30.3 Å². The molecule has 37 heavy (non-hydrogen) atoms. The first-order valence-electron chi connectivity index (χ1n) is 13.6. The molecule has 3 atom stereocenters. The zero-order chi connectivity index (χ0) is 26.2. The van der Waals surface area contributed by atoms with Crippen LogP contribution in [0.15, 0.2) is 30.3 Å². The van der Waals surface area contributed by atoms with Crippen LogP contribution in [0.5, 0.6) is 0 Å². The highest BCUT2D eigenvalue weighted by molar-refractivity contribution is 5.83. The van der Waals surface area contributed by atoms with Crippen molar-refractivity contribution in [2.75, 3.05) is 33.4 Å². The molecular weight excluding hydrogens is 485 g/mol. The number of likely N-dealkylation sites (tertiary alicyclic amines) is 1. The lowest BCUT2D eigenvalue weighted by molar-refractivity contribution is -0.188. The van der Waals surface area contributed by atoms with Gasteiger partial charge in [0.15, 0.2) is 0 Å². The molecule has 0 aromatic heterocycles. The number of piperidine rings is 1. The SMILES string of the molecule is COC(=O)C1CCC(CN2CCC3(CC2)CC(N(C(=O)C(F)(F)F)[C@@H]2C[C@H]2c2ccccc2)CO3)CC1. The van der Waals surface area contributed by atoms with Gasteiger partial charge in [0.25, 0.3) is 0 Å². The van der Waals surface area contributed by atoms with Crippen molar-refractivity contribution in [3.05, 3.63) is 35.9 Å². The third kappa shape index (κ3) is 5.82. The van der Waals surface area contributed by atoms with Gasteiger partial charge >= 0.3 is 18.1 Å². The van der Waals surface area contributed by atoms with Crippen molar-refractivity contribution in [1.82, 2.24) is 9.80 Å². The fraction of sp³-hybridized carbons (Fsp3) is 0.714. The van der Waals surface area contributed by atoms with Gasteiger partial charge < -0.3 is 19.3 Å². The molecule has 0 N–H and O–H groups in total. The summed E-state index contributed by atoms with van der Waals surface area (Å²) in [4.78, 5) is 27.9. The van der Waals surface area contributed by atoms with E-state index >= 15 is 0 Å². The minimum absolute atomic E-state index is 0.0185. The summed E-state index contributed by atoms with van der Waals surface area (Å²) >= 11 is 0. The van der Waals surface area contributed by atoms with Crippen LogP contribution in [0.25, 0.3) is 0 Å². The molecule has 1 aromatic carbocycles. The van der Waals surface area contributed by atoms with Gasteiger partial charge in [0.1, 0.15) is 0 Å². The molecule has 4 aliphatic rings. The van der Waals surface area contributed by atoms with Crippen molar-refractivity contribution in [2.45, 2.75) is 81.1 Å². The number of halogens is 3. The Morgan fingerprint density at radius 3 is 2.41 bits per heavy atom. The molecule has 0 bridgehead atoms. The molecule has 1 unspecified atom stereocenters. The predicted octanol–water partition coefficient (Wildman–Crippen LogP) is 4.54. The lowest BCUT2D eigenvalue weighted by Gasteiger charge is -2.41. The van der Waals surface area contributed by atoms with Crippen molar-refractivity contribution < 1.29 is 32.2 Å². The van der Waals surface area contributed by atoms with Gasteiger partial charge in [0.2, 0.25) is 0 Å². The molecule has 1 spiro atoms. The molecule has 2 heterocycles. The number of methoxy groups -OCH3 is 1. The van der Waals surface area contributed by atoms with Gasteiger partial charge in [-0.25, -0.2) is 0 Å². The fourth-order valence-corrected chi connectivity index (χ4v) is 6.88. The molecule has 1 aromatic rings. The highest BCUT2D eigenvalue weighted by Gasteiger charge is 2.57. The molecule has 2 aliphatic heterocycles. The topological polar surface area (TPSA) is 59.1 Å². The average Bonchev–Trinajstić information content (AvgIpc) is 3.58. The van der Waals surface area contributed by atoms with Gasteiger partial charge in [-0.2, -0.15) is 13.2 Å². The third-order valence-corrected chi connectivity index (χ3v) is 9.07. The normalized spacial score (nSPS) is 31.7. The minimum Gasteiger partial charge on any atom is -0.469 e. The fourth-order valence-electron chi connectivity index (χ4n) is 6.88. The zero-order valence-corrected chi connectivity index (χ0v) is 21.4. The number of amides is 1. The van der Waals surface area contributed by atoms with E-state index in [1.54, 1.807) is 0 Å². The van der Waals surface area contributed by atoms with Gasteiger partial charge in [-0.15, -0.1) is 0 Å². The Kier molecular flexibility index (Phi) is 7.56. The number of carbonyl (C=O) groups is 2. The van der Waals surface area contributed by atoms with Crippen LogP contribution < -0.4 is 0 Å². The number of ether oxygens (including phenoxy) is 2. The van der Waals surface area contributed by atoms with Crippen LogP contribution in [-0.2, 0) is 19.1 Å². The molecule has 9 heteroatoms. The second-order valence-corrected chi connectivity index (χ2v) is 11.4. The van der Waals surface area contributed by atoms with E-state index in [2.05, 4.69) is 4.90 Å². The molecule has 2 aliphatic carbocycles. The van der Waals surface area contributed by atoms with Crippen molar-refractivity contribution in [3.8, 4) is 0 Å². The van der Waals surface area contributed by atoms with Crippen LogP contribution in [0, 0.1) is 11.8 Å². The lowest BCUT2D eigenvalue weighted by atomic mass is 9.81. The Bertz CT molecular complexity index is 956. The monoisotopic (exact) mass is 522 g/mol. The number of alkyl halides is 3. The van der Waals surface area contributed by atoms with Crippen LogP contribution in [0.2, 0.25) is 0 Å². The molecule has 5 rings (SSSR count). The van der Waals surface area contributed by atoms with Gasteiger partial charge in [0.05, 0.1) is 31.3 Å².